The van der Waals surface area contributed by atoms with Gasteiger partial charge in [0.25, 0.3) is 0 Å². The van der Waals surface area contributed by atoms with Crippen LogP contribution in [0.3, 0.4) is 0 Å². The van der Waals surface area contributed by atoms with E-state index in [1.807, 2.05) is 0 Å². The minimum absolute atomic E-state index is 0.203. The van der Waals surface area contributed by atoms with Gasteiger partial charge in [-0.3, -0.25) is 4.79 Å². The first kappa shape index (κ1) is 8.49. The van der Waals surface area contributed by atoms with Crippen LogP contribution in [0.4, 0.5) is 0 Å². The molecule has 1 aliphatic rings. The molecule has 1 aliphatic heterocycles. The highest BCUT2D eigenvalue weighted by Crippen LogP contribution is 2.04. The van der Waals surface area contributed by atoms with Crippen LogP contribution in [0.1, 0.15) is 13.3 Å². The Labute approximate surface area is 65.5 Å². The Balaban J connectivity index is 2.20. The van der Waals surface area contributed by atoms with Crippen LogP contribution < -0.4 is 5.32 Å². The van der Waals surface area contributed by atoms with Crippen molar-refractivity contribution >= 4 is 5.97 Å². The molecule has 0 bridgehead atoms. The van der Waals surface area contributed by atoms with E-state index in [1.54, 1.807) is 6.92 Å². The van der Waals surface area contributed by atoms with Crippen LogP contribution in [0.2, 0.25) is 0 Å². The zero-order valence-corrected chi connectivity index (χ0v) is 6.54. The number of carbonyl (C=O) groups is 1. The maximum Gasteiger partial charge on any atom is 0.323 e. The van der Waals surface area contributed by atoms with Crippen molar-refractivity contribution in [1.29, 1.82) is 0 Å². The Morgan fingerprint density at radius 2 is 2.64 bits per heavy atom. The van der Waals surface area contributed by atoms with Gasteiger partial charge in [-0.1, -0.05) is 0 Å². The van der Waals surface area contributed by atoms with Gasteiger partial charge in [-0.2, -0.15) is 0 Å². The van der Waals surface area contributed by atoms with Crippen LogP contribution in [0.15, 0.2) is 0 Å². The van der Waals surface area contributed by atoms with Crippen molar-refractivity contribution in [3.63, 3.8) is 0 Å². The average molecular weight is 159 g/mol. The number of nitrogens with one attached hydrogen (secondary N) is 1. The Bertz CT molecular complexity index is 147. The minimum atomic E-state index is -0.414. The molecule has 2 N–H and O–H groups in total. The molecule has 64 valence electrons. The van der Waals surface area contributed by atoms with Gasteiger partial charge in [0.2, 0.25) is 0 Å². The molecule has 1 fully saturated rings. The van der Waals surface area contributed by atoms with Crippen LogP contribution >= 0.6 is 0 Å². The van der Waals surface area contributed by atoms with Gasteiger partial charge < -0.3 is 15.2 Å². The molecule has 0 amide bonds. The van der Waals surface area contributed by atoms with Crippen molar-refractivity contribution in [2.45, 2.75) is 25.5 Å². The van der Waals surface area contributed by atoms with Crippen molar-refractivity contribution < 1.29 is 14.6 Å². The summed E-state index contributed by atoms with van der Waals surface area (Å²) in [5.41, 5.74) is 0. The molecule has 1 saturated heterocycles. The van der Waals surface area contributed by atoms with Crippen LogP contribution in [-0.2, 0) is 9.53 Å². The standard InChI is InChI=1S/C7H13NO3/c1-5(9)4-8-6-2-3-11-7(6)10/h5-6,8-9H,2-4H2,1H3. The molecule has 0 radical (unpaired) electrons. The smallest absolute Gasteiger partial charge is 0.323 e. The molecule has 1 rings (SSSR count). The van der Waals surface area contributed by atoms with Gasteiger partial charge in [-0.05, 0) is 6.92 Å². The number of cyclic esters (lactones) is 1. The summed E-state index contributed by atoms with van der Waals surface area (Å²) >= 11 is 0. The average Bonchev–Trinajstić information content (AvgIpc) is 2.31. The number of ether oxygens (including phenoxy) is 1. The third-order valence-corrected chi connectivity index (χ3v) is 1.60. The first-order chi connectivity index (χ1) is 5.20. The third kappa shape index (κ3) is 2.48. The molecule has 2 atom stereocenters. The lowest BCUT2D eigenvalue weighted by molar-refractivity contribution is -0.139. The van der Waals surface area contributed by atoms with Gasteiger partial charge >= 0.3 is 5.97 Å². The summed E-state index contributed by atoms with van der Waals surface area (Å²) in [6, 6.07) is -0.204. The molecule has 4 nitrogen and oxygen atoms in total. The summed E-state index contributed by atoms with van der Waals surface area (Å²) < 4.78 is 4.71. The van der Waals surface area contributed by atoms with Gasteiger partial charge in [0, 0.05) is 13.0 Å². The van der Waals surface area contributed by atoms with E-state index in [0.717, 1.165) is 0 Å². The molecular formula is C7H13NO3. The van der Waals surface area contributed by atoms with E-state index < -0.39 is 6.10 Å². The Kier molecular flexibility index (Phi) is 2.84. The summed E-state index contributed by atoms with van der Waals surface area (Å²) in [6.07, 6.45) is 0.300. The molecular weight excluding hydrogens is 146 g/mol. The Morgan fingerprint density at radius 1 is 1.91 bits per heavy atom. The minimum Gasteiger partial charge on any atom is -0.464 e. The first-order valence-electron chi connectivity index (χ1n) is 3.78. The summed E-state index contributed by atoms with van der Waals surface area (Å²) in [7, 11) is 0. The molecule has 0 aromatic rings. The second kappa shape index (κ2) is 3.69. The van der Waals surface area contributed by atoms with Crippen LogP contribution in [0, 0.1) is 0 Å². The summed E-state index contributed by atoms with van der Waals surface area (Å²) in [6.45, 7) is 2.61. The molecule has 0 aromatic carbocycles. The Morgan fingerprint density at radius 3 is 3.09 bits per heavy atom. The highest BCUT2D eigenvalue weighted by Gasteiger charge is 2.25. The zero-order valence-electron chi connectivity index (χ0n) is 6.54. The first-order valence-corrected chi connectivity index (χ1v) is 3.78. The molecule has 2 unspecified atom stereocenters. The van der Waals surface area contributed by atoms with E-state index in [-0.39, 0.29) is 12.0 Å². The number of hydrogen-bond donors (Lipinski definition) is 2. The van der Waals surface area contributed by atoms with Crippen LogP contribution in [0.25, 0.3) is 0 Å². The van der Waals surface area contributed by atoms with E-state index in [1.165, 1.54) is 0 Å². The molecule has 0 aromatic heterocycles. The topological polar surface area (TPSA) is 58.6 Å². The molecule has 4 heteroatoms. The lowest BCUT2D eigenvalue weighted by Crippen LogP contribution is -2.37. The van der Waals surface area contributed by atoms with Crippen molar-refractivity contribution in [3.8, 4) is 0 Å². The fourth-order valence-electron chi connectivity index (χ4n) is 0.994. The number of rotatable bonds is 3. The van der Waals surface area contributed by atoms with Crippen molar-refractivity contribution in [2.24, 2.45) is 0 Å². The highest BCUT2D eigenvalue weighted by molar-refractivity contribution is 5.77. The molecule has 1 heterocycles. The van der Waals surface area contributed by atoms with E-state index in [9.17, 15) is 4.79 Å². The third-order valence-electron chi connectivity index (χ3n) is 1.60. The highest BCUT2D eigenvalue weighted by atomic mass is 16.5. The predicted octanol–water partition coefficient (Wildman–Crippen LogP) is -0.728. The van der Waals surface area contributed by atoms with Crippen molar-refractivity contribution in [1.82, 2.24) is 5.32 Å². The lowest BCUT2D eigenvalue weighted by Gasteiger charge is -2.09. The molecule has 11 heavy (non-hydrogen) atoms. The van der Waals surface area contributed by atoms with Crippen molar-refractivity contribution in [3.05, 3.63) is 0 Å². The van der Waals surface area contributed by atoms with Gasteiger partial charge in [0.05, 0.1) is 12.7 Å². The summed E-state index contributed by atoms with van der Waals surface area (Å²) in [5, 5.41) is 11.8. The zero-order chi connectivity index (χ0) is 8.27. The molecule has 0 spiro atoms. The van der Waals surface area contributed by atoms with E-state index in [0.29, 0.717) is 19.6 Å². The normalized spacial score (nSPS) is 26.7. The SMILES string of the molecule is CC(O)CNC1CCOC1=O. The van der Waals surface area contributed by atoms with E-state index >= 15 is 0 Å². The van der Waals surface area contributed by atoms with Crippen LogP contribution in [-0.4, -0.2) is 36.4 Å². The second-order valence-corrected chi connectivity index (χ2v) is 2.77. The van der Waals surface area contributed by atoms with Gasteiger partial charge in [-0.15, -0.1) is 0 Å². The van der Waals surface area contributed by atoms with Crippen molar-refractivity contribution in [2.75, 3.05) is 13.2 Å². The number of esters is 1. The fourth-order valence-corrected chi connectivity index (χ4v) is 0.994. The van der Waals surface area contributed by atoms with E-state index in [4.69, 9.17) is 9.84 Å². The summed E-state index contributed by atoms with van der Waals surface area (Å²) in [5.74, 6) is -0.203. The van der Waals surface area contributed by atoms with Crippen LogP contribution in [0.5, 0.6) is 0 Å². The predicted molar refractivity (Wildman–Crippen MR) is 39.0 cm³/mol. The number of aliphatic hydroxyl groups excluding tert-OH is 1. The van der Waals surface area contributed by atoms with Gasteiger partial charge in [0.15, 0.2) is 0 Å². The number of hydrogen-bond acceptors (Lipinski definition) is 4. The fraction of sp³-hybridized carbons (Fsp3) is 0.857. The maximum atomic E-state index is 10.8. The quantitative estimate of drug-likeness (QED) is 0.533. The number of aliphatic hydroxyl groups is 1. The van der Waals surface area contributed by atoms with E-state index in [2.05, 4.69) is 5.32 Å². The largest absolute Gasteiger partial charge is 0.464 e. The molecule has 0 aliphatic carbocycles. The van der Waals surface area contributed by atoms with Gasteiger partial charge in [-0.25, -0.2) is 0 Å². The monoisotopic (exact) mass is 159 g/mol. The number of carbonyl (C=O) groups excluding carboxylic acids is 1. The summed E-state index contributed by atoms with van der Waals surface area (Å²) in [4.78, 5) is 10.8. The maximum absolute atomic E-state index is 10.8. The van der Waals surface area contributed by atoms with Gasteiger partial charge in [0.1, 0.15) is 6.04 Å². The molecule has 0 saturated carbocycles. The lowest BCUT2D eigenvalue weighted by atomic mass is 10.2. The second-order valence-electron chi connectivity index (χ2n) is 2.77. The Hall–Kier alpha value is -0.610.